The van der Waals surface area contributed by atoms with Crippen LogP contribution in [0.4, 0.5) is 0 Å². The van der Waals surface area contributed by atoms with Crippen molar-refractivity contribution in [1.82, 2.24) is 0 Å². The van der Waals surface area contributed by atoms with E-state index in [0.29, 0.717) is 51.4 Å². The van der Waals surface area contributed by atoms with Crippen molar-refractivity contribution in [2.24, 2.45) is 35.5 Å². The maximum absolute atomic E-state index is 13.6. The Morgan fingerprint density at radius 3 is 1.07 bits per heavy atom. The van der Waals surface area contributed by atoms with Crippen molar-refractivity contribution in [3.63, 3.8) is 0 Å². The number of ether oxygens (including phenoxy) is 12. The highest BCUT2D eigenvalue weighted by Crippen LogP contribution is 2.37. The monoisotopic (exact) mass is 1240 g/mol. The van der Waals surface area contributed by atoms with E-state index < -0.39 is 107 Å². The predicted octanol–water partition coefficient (Wildman–Crippen LogP) is 7.92. The molecule has 3 aliphatic rings. The van der Waals surface area contributed by atoms with Crippen LogP contribution in [0.1, 0.15) is 144 Å². The summed E-state index contributed by atoms with van der Waals surface area (Å²) in [6.45, 7) is 13.9. The van der Waals surface area contributed by atoms with E-state index in [4.69, 9.17) is 56.8 Å². The van der Waals surface area contributed by atoms with Gasteiger partial charge in [-0.15, -0.1) is 0 Å². The summed E-state index contributed by atoms with van der Waals surface area (Å²) in [4.78, 5) is 153. The standard InChI is InChI=1S/C65H76O24/c1-7-13-55(67)79-31-10-12-33-81-59(71)43-16-20-47(21-17-43)63(75)89-53-29-27-49(39-51(53)65(77)85-37-35-83-57(69)41(5)6)87-61(73)45-24-22-44(23-25-45)60(72)86-48-26-28-52(50(38-48)64(76)84-36-34-82-56(68)40(3)4)88-62(74)46-18-14-42(15-19-46)58(70)80-32-11-9-30-78-54(66)8-2/h8,26-29,38-39,42-47H,2-3,5,9-12,14-25,30-37H2,1,4,6H3. The fourth-order valence-corrected chi connectivity index (χ4v) is 9.58. The molecule has 89 heavy (non-hydrogen) atoms. The van der Waals surface area contributed by atoms with Crippen molar-refractivity contribution in [3.8, 4) is 34.8 Å². The van der Waals surface area contributed by atoms with Crippen LogP contribution in [0.5, 0.6) is 23.0 Å². The molecular formula is C65H76O24. The minimum atomic E-state index is -0.996. The number of esters is 12. The topological polar surface area (TPSA) is 316 Å². The van der Waals surface area contributed by atoms with E-state index in [1.165, 1.54) is 57.2 Å². The van der Waals surface area contributed by atoms with Gasteiger partial charge >= 0.3 is 71.6 Å². The Balaban J connectivity index is 1.16. The summed E-state index contributed by atoms with van der Waals surface area (Å²) in [6.07, 6.45) is 6.23. The van der Waals surface area contributed by atoms with Crippen molar-refractivity contribution in [2.75, 3.05) is 52.9 Å². The Morgan fingerprint density at radius 1 is 0.416 bits per heavy atom. The summed E-state index contributed by atoms with van der Waals surface area (Å²) in [6, 6.07) is 7.53. The zero-order valence-electron chi connectivity index (χ0n) is 50.4. The second-order valence-electron chi connectivity index (χ2n) is 21.4. The molecule has 0 atom stereocenters. The van der Waals surface area contributed by atoms with E-state index in [1.807, 2.05) is 0 Å². The lowest BCUT2D eigenvalue weighted by atomic mass is 9.82. The Labute approximate surface area is 515 Å². The predicted molar refractivity (Wildman–Crippen MR) is 310 cm³/mol. The average molecular weight is 1240 g/mol. The fraction of sp³-hybridized carbons (Fsp3) is 0.508. The molecule has 480 valence electrons. The molecule has 0 N–H and O–H groups in total. The van der Waals surface area contributed by atoms with Gasteiger partial charge in [0.15, 0.2) is 0 Å². The number of carbonyl (C=O) groups excluding carboxylic acids is 12. The molecule has 0 bridgehead atoms. The molecule has 0 aliphatic heterocycles. The minimum Gasteiger partial charge on any atom is -0.465 e. The molecule has 24 heteroatoms. The highest BCUT2D eigenvalue weighted by atomic mass is 16.6. The van der Waals surface area contributed by atoms with Gasteiger partial charge < -0.3 is 56.8 Å². The Morgan fingerprint density at radius 2 is 0.730 bits per heavy atom. The van der Waals surface area contributed by atoms with Gasteiger partial charge in [-0.05, 0) is 160 Å². The summed E-state index contributed by atoms with van der Waals surface area (Å²) in [7, 11) is 0. The molecule has 24 nitrogen and oxygen atoms in total. The van der Waals surface area contributed by atoms with Gasteiger partial charge in [0.05, 0.1) is 61.9 Å². The first kappa shape index (κ1) is 70.6. The van der Waals surface area contributed by atoms with Crippen LogP contribution in [-0.2, 0) is 85.8 Å². The molecule has 0 heterocycles. The van der Waals surface area contributed by atoms with Crippen molar-refractivity contribution in [1.29, 1.82) is 0 Å². The van der Waals surface area contributed by atoms with E-state index in [1.54, 1.807) is 0 Å². The number of hydrogen-bond donors (Lipinski definition) is 0. The molecule has 3 aliphatic carbocycles. The number of benzene rings is 2. The Kier molecular flexibility index (Phi) is 29.3. The lowest BCUT2D eigenvalue weighted by molar-refractivity contribution is -0.152. The molecule has 0 unspecified atom stereocenters. The maximum atomic E-state index is 13.6. The minimum absolute atomic E-state index is 0.0970. The highest BCUT2D eigenvalue weighted by molar-refractivity contribution is 5.96. The first-order valence-corrected chi connectivity index (χ1v) is 29.5. The quantitative estimate of drug-likeness (QED) is 0.0132. The number of carbonyl (C=O) groups is 12. The van der Waals surface area contributed by atoms with Gasteiger partial charge in [-0.25, -0.2) is 28.8 Å². The molecule has 0 aromatic heterocycles. The molecule has 3 saturated carbocycles. The first-order chi connectivity index (χ1) is 42.7. The lowest BCUT2D eigenvalue weighted by Gasteiger charge is -2.26. The summed E-state index contributed by atoms with van der Waals surface area (Å²) in [5.41, 5.74) is -0.315. The lowest BCUT2D eigenvalue weighted by Crippen LogP contribution is -2.30. The normalized spacial score (nSPS) is 18.4. The van der Waals surface area contributed by atoms with Gasteiger partial charge in [0.2, 0.25) is 0 Å². The number of unbranched alkanes of at least 4 members (excludes halogenated alkanes) is 2. The van der Waals surface area contributed by atoms with Crippen LogP contribution in [0.2, 0.25) is 0 Å². The maximum Gasteiger partial charge on any atom is 0.384 e. The molecule has 3 fully saturated rings. The second-order valence-corrected chi connectivity index (χ2v) is 21.4. The average Bonchev–Trinajstić information content (AvgIpc) is 1.41. The van der Waals surface area contributed by atoms with Crippen molar-refractivity contribution >= 4 is 71.6 Å². The first-order valence-electron chi connectivity index (χ1n) is 29.5. The van der Waals surface area contributed by atoms with Crippen molar-refractivity contribution < 1.29 is 114 Å². The second kappa shape index (κ2) is 36.9. The van der Waals surface area contributed by atoms with Crippen LogP contribution < -0.4 is 18.9 Å². The molecule has 2 aromatic rings. The van der Waals surface area contributed by atoms with Crippen molar-refractivity contribution in [2.45, 2.75) is 124 Å². The van der Waals surface area contributed by atoms with Gasteiger partial charge in [0, 0.05) is 23.1 Å². The van der Waals surface area contributed by atoms with Crippen LogP contribution in [0, 0.1) is 47.3 Å². The molecular weight excluding hydrogens is 1160 g/mol. The summed E-state index contributed by atoms with van der Waals surface area (Å²) in [5, 5.41) is 0. The third-order valence-electron chi connectivity index (χ3n) is 14.6. The van der Waals surface area contributed by atoms with Gasteiger partial charge in [0.25, 0.3) is 0 Å². The zero-order chi connectivity index (χ0) is 64.8. The zero-order valence-corrected chi connectivity index (χ0v) is 50.4. The summed E-state index contributed by atoms with van der Waals surface area (Å²) < 4.78 is 64.3. The van der Waals surface area contributed by atoms with E-state index >= 15 is 0 Å². The van der Waals surface area contributed by atoms with Crippen LogP contribution >= 0.6 is 0 Å². The highest BCUT2D eigenvalue weighted by Gasteiger charge is 2.36. The SMILES string of the molecule is C=CC(=O)OCCCCOC(=O)C1CCC(C(=O)Oc2ccc(OC(=O)C3CCC(C(=O)Oc4ccc(OC(=O)C5CCC(C(=O)OCCCCOC(=O)C#CC)CC5)c(C(=O)OCCOC(=O)C(=C)C)c4)CC3)cc2C(=O)OCCOC(=O)C(=C)C)CC1. The smallest absolute Gasteiger partial charge is 0.384 e. The summed E-state index contributed by atoms with van der Waals surface area (Å²) >= 11 is 0. The summed E-state index contributed by atoms with van der Waals surface area (Å²) in [5.74, 6) is -7.54. The molecule has 5 rings (SSSR count). The van der Waals surface area contributed by atoms with Gasteiger partial charge in [-0.1, -0.05) is 25.7 Å². The van der Waals surface area contributed by atoms with Gasteiger partial charge in [0.1, 0.15) is 60.6 Å². The van der Waals surface area contributed by atoms with E-state index in [0.717, 1.165) is 6.08 Å². The molecule has 2 aromatic carbocycles. The van der Waals surface area contributed by atoms with Gasteiger partial charge in [-0.3, -0.25) is 28.8 Å². The van der Waals surface area contributed by atoms with Crippen LogP contribution in [0.25, 0.3) is 0 Å². The van der Waals surface area contributed by atoms with E-state index in [9.17, 15) is 57.5 Å². The fourth-order valence-electron chi connectivity index (χ4n) is 9.58. The molecule has 0 spiro atoms. The van der Waals surface area contributed by atoms with Crippen LogP contribution in [0.15, 0.2) is 73.4 Å². The number of hydrogen-bond acceptors (Lipinski definition) is 24. The Hall–Kier alpha value is -9.14. The van der Waals surface area contributed by atoms with Crippen LogP contribution in [0.3, 0.4) is 0 Å². The van der Waals surface area contributed by atoms with E-state index in [2.05, 4.69) is 31.6 Å². The van der Waals surface area contributed by atoms with Crippen LogP contribution in [-0.4, -0.2) is 124 Å². The molecule has 0 saturated heterocycles. The van der Waals surface area contributed by atoms with Gasteiger partial charge in [-0.2, -0.15) is 0 Å². The third kappa shape index (κ3) is 23.8. The van der Waals surface area contributed by atoms with E-state index in [-0.39, 0.29) is 149 Å². The Bertz CT molecular complexity index is 2990. The molecule has 0 amide bonds. The van der Waals surface area contributed by atoms with Crippen molar-refractivity contribution in [3.05, 3.63) is 84.5 Å². The third-order valence-corrected chi connectivity index (χ3v) is 14.6. The largest absolute Gasteiger partial charge is 0.465 e. The number of rotatable bonds is 31. The molecule has 0 radical (unpaired) electrons.